The summed E-state index contributed by atoms with van der Waals surface area (Å²) in [5, 5.41) is 12.1. The van der Waals surface area contributed by atoms with E-state index in [9.17, 15) is 0 Å². The summed E-state index contributed by atoms with van der Waals surface area (Å²) in [6.45, 7) is 9.15. The predicted molar refractivity (Wildman–Crippen MR) is 64.1 cm³/mol. The summed E-state index contributed by atoms with van der Waals surface area (Å²) in [5.41, 5.74) is 0. The molecule has 0 aromatic rings. The molecule has 0 aromatic heterocycles. The molecule has 0 saturated carbocycles. The fraction of sp³-hybridized carbons (Fsp3) is 0.917. The summed E-state index contributed by atoms with van der Waals surface area (Å²) in [7, 11) is 0. The Balaban J connectivity index is 1.73. The lowest BCUT2D eigenvalue weighted by atomic mass is 10.00. The Morgan fingerprint density at radius 3 is 2.62 bits per heavy atom. The molecule has 0 radical (unpaired) electrons. The summed E-state index contributed by atoms with van der Waals surface area (Å²) >= 11 is 0. The molecule has 1 atom stereocenters. The first-order chi connectivity index (χ1) is 7.85. The zero-order chi connectivity index (χ0) is 11.4. The van der Waals surface area contributed by atoms with E-state index < -0.39 is 0 Å². The average molecular weight is 222 g/mol. The van der Waals surface area contributed by atoms with Crippen molar-refractivity contribution in [3.8, 4) is 6.07 Å². The Hall–Kier alpha value is -0.630. The molecule has 2 aliphatic rings. The van der Waals surface area contributed by atoms with E-state index in [-0.39, 0.29) is 0 Å². The van der Waals surface area contributed by atoms with Gasteiger partial charge in [-0.25, -0.2) is 0 Å². The lowest BCUT2D eigenvalue weighted by Crippen LogP contribution is -2.64. The van der Waals surface area contributed by atoms with Crippen LogP contribution in [0.25, 0.3) is 0 Å². The highest BCUT2D eigenvalue weighted by Crippen LogP contribution is 2.21. The molecule has 0 aromatic carbocycles. The maximum absolute atomic E-state index is 8.76. The largest absolute Gasteiger partial charge is 0.314 e. The van der Waals surface area contributed by atoms with E-state index in [4.69, 9.17) is 5.26 Å². The fourth-order valence-corrected chi connectivity index (χ4v) is 2.70. The van der Waals surface area contributed by atoms with Gasteiger partial charge in [-0.3, -0.25) is 9.80 Å². The maximum atomic E-state index is 8.76. The molecule has 0 bridgehead atoms. The number of nitrogens with one attached hydrogen (secondary N) is 1. The van der Waals surface area contributed by atoms with Gasteiger partial charge in [0.1, 0.15) is 0 Å². The van der Waals surface area contributed by atoms with Gasteiger partial charge >= 0.3 is 0 Å². The van der Waals surface area contributed by atoms with Gasteiger partial charge in [0.25, 0.3) is 0 Å². The Morgan fingerprint density at radius 2 is 2.06 bits per heavy atom. The monoisotopic (exact) mass is 222 g/mol. The predicted octanol–water partition coefficient (Wildman–Crippen LogP) is 0.268. The summed E-state index contributed by atoms with van der Waals surface area (Å²) < 4.78 is 0. The molecule has 0 aliphatic carbocycles. The minimum Gasteiger partial charge on any atom is -0.314 e. The van der Waals surface area contributed by atoms with E-state index in [1.807, 2.05) is 0 Å². The summed E-state index contributed by atoms with van der Waals surface area (Å²) in [6.07, 6.45) is 1.78. The molecule has 0 amide bonds. The molecule has 2 aliphatic heterocycles. The van der Waals surface area contributed by atoms with E-state index >= 15 is 0 Å². The van der Waals surface area contributed by atoms with Crippen molar-refractivity contribution >= 4 is 0 Å². The zero-order valence-electron chi connectivity index (χ0n) is 10.2. The van der Waals surface area contributed by atoms with Crippen LogP contribution in [-0.2, 0) is 0 Å². The molecule has 1 N–H and O–H groups in total. The highest BCUT2D eigenvalue weighted by Gasteiger charge is 2.35. The topological polar surface area (TPSA) is 42.3 Å². The molecule has 2 rings (SSSR count). The van der Waals surface area contributed by atoms with E-state index in [2.05, 4.69) is 28.1 Å². The quantitative estimate of drug-likeness (QED) is 0.741. The van der Waals surface area contributed by atoms with Crippen LogP contribution in [0.1, 0.15) is 19.8 Å². The lowest BCUT2D eigenvalue weighted by molar-refractivity contribution is -0.000306. The van der Waals surface area contributed by atoms with Crippen molar-refractivity contribution in [2.24, 2.45) is 0 Å². The third kappa shape index (κ3) is 2.54. The van der Waals surface area contributed by atoms with Gasteiger partial charge in [0, 0.05) is 51.4 Å². The van der Waals surface area contributed by atoms with Crippen LogP contribution in [0.4, 0.5) is 0 Å². The summed E-state index contributed by atoms with van der Waals surface area (Å²) in [6, 6.07) is 3.53. The van der Waals surface area contributed by atoms with Crippen LogP contribution in [-0.4, -0.2) is 61.2 Å². The summed E-state index contributed by atoms with van der Waals surface area (Å²) in [4.78, 5) is 5.06. The standard InChI is InChI=1S/C12H22N4/c1-2-11(3-4-13)16-9-12(10-16)15-7-5-14-6-8-15/h11-12,14H,2-3,5-10H2,1H3. The van der Waals surface area contributed by atoms with Gasteiger partial charge in [0.15, 0.2) is 0 Å². The highest BCUT2D eigenvalue weighted by molar-refractivity contribution is 4.95. The third-order valence-corrected chi connectivity index (χ3v) is 3.87. The lowest BCUT2D eigenvalue weighted by Gasteiger charge is -2.49. The van der Waals surface area contributed by atoms with Crippen LogP contribution in [0.3, 0.4) is 0 Å². The highest BCUT2D eigenvalue weighted by atomic mass is 15.3. The smallest absolute Gasteiger partial charge is 0.0638 e. The SMILES string of the molecule is CCC(CC#N)N1CC(N2CCNCC2)C1. The molecule has 2 fully saturated rings. The second kappa shape index (κ2) is 5.62. The van der Waals surface area contributed by atoms with Crippen molar-refractivity contribution in [3.63, 3.8) is 0 Å². The second-order valence-electron chi connectivity index (χ2n) is 4.82. The van der Waals surface area contributed by atoms with Gasteiger partial charge in [0.2, 0.25) is 0 Å². The molecule has 16 heavy (non-hydrogen) atoms. The Bertz CT molecular complexity index is 248. The van der Waals surface area contributed by atoms with Crippen LogP contribution in [0.2, 0.25) is 0 Å². The maximum Gasteiger partial charge on any atom is 0.0638 e. The van der Waals surface area contributed by atoms with Gasteiger partial charge in [-0.05, 0) is 6.42 Å². The van der Waals surface area contributed by atoms with Gasteiger partial charge in [-0.2, -0.15) is 5.26 Å². The Labute approximate surface area is 98.2 Å². The van der Waals surface area contributed by atoms with Crippen LogP contribution in [0, 0.1) is 11.3 Å². The van der Waals surface area contributed by atoms with E-state index in [0.717, 1.165) is 25.6 Å². The minimum atomic E-state index is 0.490. The Kier molecular flexibility index (Phi) is 4.16. The number of hydrogen-bond donors (Lipinski definition) is 1. The van der Waals surface area contributed by atoms with Crippen molar-refractivity contribution in [2.75, 3.05) is 39.3 Å². The van der Waals surface area contributed by atoms with Gasteiger partial charge < -0.3 is 5.32 Å². The van der Waals surface area contributed by atoms with Crippen molar-refractivity contribution in [3.05, 3.63) is 0 Å². The first kappa shape index (κ1) is 11.8. The Morgan fingerprint density at radius 1 is 1.38 bits per heavy atom. The molecule has 0 spiro atoms. The number of likely N-dealkylation sites (tertiary alicyclic amines) is 1. The minimum absolute atomic E-state index is 0.490. The van der Waals surface area contributed by atoms with Gasteiger partial charge in [-0.1, -0.05) is 6.92 Å². The molecule has 4 heteroatoms. The van der Waals surface area contributed by atoms with Gasteiger partial charge in [0.05, 0.1) is 12.5 Å². The van der Waals surface area contributed by atoms with E-state index in [1.165, 1.54) is 26.2 Å². The third-order valence-electron chi connectivity index (χ3n) is 3.87. The zero-order valence-corrected chi connectivity index (χ0v) is 10.2. The molecule has 2 heterocycles. The molecule has 90 valence electrons. The molecule has 4 nitrogen and oxygen atoms in total. The van der Waals surface area contributed by atoms with Crippen molar-refractivity contribution in [2.45, 2.75) is 31.8 Å². The molecular weight excluding hydrogens is 200 g/mol. The number of piperazine rings is 1. The average Bonchev–Trinajstić information content (AvgIpc) is 2.27. The summed E-state index contributed by atoms with van der Waals surface area (Å²) in [5.74, 6) is 0. The van der Waals surface area contributed by atoms with Crippen LogP contribution < -0.4 is 5.32 Å². The van der Waals surface area contributed by atoms with Crippen molar-refractivity contribution in [1.82, 2.24) is 15.1 Å². The number of rotatable bonds is 4. The van der Waals surface area contributed by atoms with Crippen molar-refractivity contribution in [1.29, 1.82) is 5.26 Å². The molecule has 1 unspecified atom stereocenters. The van der Waals surface area contributed by atoms with Crippen LogP contribution in [0.5, 0.6) is 0 Å². The first-order valence-corrected chi connectivity index (χ1v) is 6.41. The number of hydrogen-bond acceptors (Lipinski definition) is 4. The molecule has 2 saturated heterocycles. The second-order valence-corrected chi connectivity index (χ2v) is 4.82. The number of nitrogens with zero attached hydrogens (tertiary/aromatic N) is 3. The number of nitriles is 1. The van der Waals surface area contributed by atoms with Gasteiger partial charge in [-0.15, -0.1) is 0 Å². The fourth-order valence-electron chi connectivity index (χ4n) is 2.70. The first-order valence-electron chi connectivity index (χ1n) is 6.41. The van der Waals surface area contributed by atoms with Crippen LogP contribution in [0.15, 0.2) is 0 Å². The normalized spacial score (nSPS) is 26.0. The van der Waals surface area contributed by atoms with E-state index in [0.29, 0.717) is 12.5 Å². The van der Waals surface area contributed by atoms with E-state index in [1.54, 1.807) is 0 Å². The molecular formula is C12H22N4. The van der Waals surface area contributed by atoms with Crippen LogP contribution >= 0.6 is 0 Å². The van der Waals surface area contributed by atoms with Crippen molar-refractivity contribution < 1.29 is 0 Å².